The average Bonchev–Trinajstić information content (AvgIpc) is 2.46. The van der Waals surface area contributed by atoms with Gasteiger partial charge in [-0.2, -0.15) is 0 Å². The van der Waals surface area contributed by atoms with Crippen LogP contribution in [0.1, 0.15) is 18.5 Å². The Labute approximate surface area is 120 Å². The van der Waals surface area contributed by atoms with Gasteiger partial charge in [-0.15, -0.1) is 0 Å². The molecule has 8 heteroatoms. The van der Waals surface area contributed by atoms with Crippen LogP contribution in [0.5, 0.6) is 0 Å². The van der Waals surface area contributed by atoms with Crippen LogP contribution in [0, 0.1) is 10.1 Å². The van der Waals surface area contributed by atoms with Crippen molar-refractivity contribution in [3.63, 3.8) is 0 Å². The van der Waals surface area contributed by atoms with Crippen molar-refractivity contribution in [2.24, 2.45) is 0 Å². The second-order valence-electron chi connectivity index (χ2n) is 4.55. The normalized spacial score (nSPS) is 22.1. The number of carbonyl (C=O) groups is 2. The molecule has 1 saturated heterocycles. The van der Waals surface area contributed by atoms with Gasteiger partial charge in [0.2, 0.25) is 5.91 Å². The van der Waals surface area contributed by atoms with Crippen LogP contribution >= 0.6 is 0 Å². The molecule has 21 heavy (non-hydrogen) atoms. The number of ether oxygens (including phenoxy) is 1. The van der Waals surface area contributed by atoms with Crippen LogP contribution in [0.4, 0.5) is 5.69 Å². The number of morpholine rings is 1. The molecular weight excluding hydrogens is 280 g/mol. The lowest BCUT2D eigenvalue weighted by atomic mass is 9.97. The molecule has 1 heterocycles. The maximum Gasteiger partial charge on any atom is 0.335 e. The van der Waals surface area contributed by atoms with Crippen LogP contribution in [0.15, 0.2) is 24.3 Å². The zero-order valence-electron chi connectivity index (χ0n) is 11.3. The first-order valence-electron chi connectivity index (χ1n) is 6.34. The summed E-state index contributed by atoms with van der Waals surface area (Å²) in [4.78, 5) is 34.8. The minimum Gasteiger partial charge on any atom is -0.479 e. The summed E-state index contributed by atoms with van der Waals surface area (Å²) in [6, 6.07) is 4.71. The molecule has 1 fully saturated rings. The monoisotopic (exact) mass is 294 g/mol. The summed E-state index contributed by atoms with van der Waals surface area (Å²) in [7, 11) is 0. The number of nitro benzene ring substituents is 1. The van der Waals surface area contributed by atoms with E-state index in [1.54, 1.807) is 13.0 Å². The third kappa shape index (κ3) is 2.84. The number of hydrogen-bond acceptors (Lipinski definition) is 5. The van der Waals surface area contributed by atoms with Gasteiger partial charge in [0.25, 0.3) is 5.69 Å². The number of rotatable bonds is 4. The fraction of sp³-hybridized carbons (Fsp3) is 0.385. The molecule has 1 aromatic carbocycles. The molecular formula is C13H14N2O6. The standard InChI is InChI=1S/C13H14N2O6/c1-2-14-10(16)7-21-12(13(17)18)11(14)8-4-3-5-9(6-8)15(19)20/h3-6,11-12H,2,7H2,1H3,(H,17,18). The topological polar surface area (TPSA) is 110 Å². The van der Waals surface area contributed by atoms with Crippen LogP contribution < -0.4 is 0 Å². The minimum atomic E-state index is -1.25. The van der Waals surface area contributed by atoms with Crippen molar-refractivity contribution in [2.75, 3.05) is 13.2 Å². The van der Waals surface area contributed by atoms with Gasteiger partial charge in [0.05, 0.1) is 11.0 Å². The van der Waals surface area contributed by atoms with Gasteiger partial charge in [0, 0.05) is 18.7 Å². The van der Waals surface area contributed by atoms with E-state index in [-0.39, 0.29) is 18.2 Å². The Kier molecular flexibility index (Phi) is 4.18. The molecule has 0 aromatic heterocycles. The Morgan fingerprint density at radius 1 is 1.57 bits per heavy atom. The van der Waals surface area contributed by atoms with E-state index >= 15 is 0 Å². The summed E-state index contributed by atoms with van der Waals surface area (Å²) < 4.78 is 5.09. The van der Waals surface area contributed by atoms with Crippen molar-refractivity contribution in [1.82, 2.24) is 4.90 Å². The number of aliphatic carboxylic acids is 1. The molecule has 1 aliphatic rings. The molecule has 2 unspecified atom stereocenters. The highest BCUT2D eigenvalue weighted by atomic mass is 16.6. The summed E-state index contributed by atoms with van der Waals surface area (Å²) in [5.74, 6) is -1.55. The zero-order chi connectivity index (χ0) is 15.6. The first-order chi connectivity index (χ1) is 9.95. The molecule has 0 saturated carbocycles. The number of likely N-dealkylation sites (N-methyl/N-ethyl adjacent to an activating group) is 1. The van der Waals surface area contributed by atoms with Gasteiger partial charge in [-0.25, -0.2) is 4.79 Å². The highest BCUT2D eigenvalue weighted by Gasteiger charge is 2.41. The first-order valence-corrected chi connectivity index (χ1v) is 6.34. The molecule has 1 aromatic rings. The van der Waals surface area contributed by atoms with E-state index in [9.17, 15) is 24.8 Å². The predicted octanol–water partition coefficient (Wildman–Crippen LogP) is 0.968. The van der Waals surface area contributed by atoms with E-state index in [0.717, 1.165) is 0 Å². The summed E-state index contributed by atoms with van der Waals surface area (Å²) >= 11 is 0. The van der Waals surface area contributed by atoms with Gasteiger partial charge in [0.1, 0.15) is 6.61 Å². The Balaban J connectivity index is 2.47. The second kappa shape index (κ2) is 5.88. The lowest BCUT2D eigenvalue weighted by molar-refractivity contribution is -0.385. The molecule has 1 aliphatic heterocycles. The number of carbonyl (C=O) groups excluding carboxylic acids is 1. The van der Waals surface area contributed by atoms with Crippen LogP contribution in [-0.2, 0) is 14.3 Å². The number of hydrogen-bond donors (Lipinski definition) is 1. The average molecular weight is 294 g/mol. The number of benzene rings is 1. The molecule has 0 aliphatic carbocycles. The van der Waals surface area contributed by atoms with Crippen molar-refractivity contribution in [2.45, 2.75) is 19.1 Å². The van der Waals surface area contributed by atoms with E-state index < -0.39 is 23.0 Å². The molecule has 0 radical (unpaired) electrons. The number of nitrogens with zero attached hydrogens (tertiary/aromatic N) is 2. The largest absolute Gasteiger partial charge is 0.479 e. The van der Waals surface area contributed by atoms with Crippen LogP contribution in [0.3, 0.4) is 0 Å². The summed E-state index contributed by atoms with van der Waals surface area (Å²) in [6.07, 6.45) is -1.25. The Morgan fingerprint density at radius 3 is 2.86 bits per heavy atom. The predicted molar refractivity (Wildman–Crippen MR) is 70.6 cm³/mol. The lowest BCUT2D eigenvalue weighted by Gasteiger charge is -2.38. The van der Waals surface area contributed by atoms with E-state index in [1.165, 1.54) is 23.1 Å². The van der Waals surface area contributed by atoms with Gasteiger partial charge in [0.15, 0.2) is 6.10 Å². The van der Waals surface area contributed by atoms with E-state index in [2.05, 4.69) is 0 Å². The molecule has 0 spiro atoms. The van der Waals surface area contributed by atoms with Crippen molar-refractivity contribution >= 4 is 17.6 Å². The first kappa shape index (κ1) is 14.9. The number of carboxylic acids is 1. The van der Waals surface area contributed by atoms with Gasteiger partial charge in [-0.1, -0.05) is 12.1 Å². The van der Waals surface area contributed by atoms with E-state index in [1.807, 2.05) is 0 Å². The number of non-ortho nitro benzene ring substituents is 1. The third-order valence-electron chi connectivity index (χ3n) is 3.34. The Hall–Kier alpha value is -2.48. The van der Waals surface area contributed by atoms with Crippen LogP contribution in [0.25, 0.3) is 0 Å². The quantitative estimate of drug-likeness (QED) is 0.654. The van der Waals surface area contributed by atoms with Crippen LogP contribution in [0.2, 0.25) is 0 Å². The van der Waals surface area contributed by atoms with Crippen molar-refractivity contribution in [1.29, 1.82) is 0 Å². The lowest BCUT2D eigenvalue weighted by Crippen LogP contribution is -2.51. The van der Waals surface area contributed by atoms with E-state index in [0.29, 0.717) is 12.1 Å². The molecule has 8 nitrogen and oxygen atoms in total. The highest BCUT2D eigenvalue weighted by molar-refractivity contribution is 5.83. The summed E-state index contributed by atoms with van der Waals surface area (Å²) in [5, 5.41) is 20.1. The van der Waals surface area contributed by atoms with Crippen LogP contribution in [-0.4, -0.2) is 46.1 Å². The maximum atomic E-state index is 11.9. The number of carboxylic acid groups (broad SMARTS) is 1. The highest BCUT2D eigenvalue weighted by Crippen LogP contribution is 2.31. The van der Waals surface area contributed by atoms with E-state index in [4.69, 9.17) is 4.74 Å². The maximum absolute atomic E-state index is 11.9. The molecule has 0 bridgehead atoms. The molecule has 2 atom stereocenters. The van der Waals surface area contributed by atoms with Gasteiger partial charge in [-0.3, -0.25) is 14.9 Å². The zero-order valence-corrected chi connectivity index (χ0v) is 11.3. The van der Waals surface area contributed by atoms with Crippen molar-refractivity contribution < 1.29 is 24.4 Å². The summed E-state index contributed by atoms with van der Waals surface area (Å²) in [6.45, 7) is 1.70. The molecule has 112 valence electrons. The van der Waals surface area contributed by atoms with Gasteiger partial charge < -0.3 is 14.7 Å². The second-order valence-corrected chi connectivity index (χ2v) is 4.55. The smallest absolute Gasteiger partial charge is 0.335 e. The third-order valence-corrected chi connectivity index (χ3v) is 3.34. The fourth-order valence-corrected chi connectivity index (χ4v) is 2.41. The van der Waals surface area contributed by atoms with Crippen molar-refractivity contribution in [3.05, 3.63) is 39.9 Å². The minimum absolute atomic E-state index is 0.161. The van der Waals surface area contributed by atoms with Crippen molar-refractivity contribution in [3.8, 4) is 0 Å². The number of amides is 1. The molecule has 2 rings (SSSR count). The molecule has 1 amide bonds. The summed E-state index contributed by atoms with van der Waals surface area (Å²) in [5.41, 5.74) is 0.206. The molecule has 1 N–H and O–H groups in total. The number of nitro groups is 1. The Bertz CT molecular complexity index is 586. The Morgan fingerprint density at radius 2 is 2.29 bits per heavy atom. The van der Waals surface area contributed by atoms with Gasteiger partial charge >= 0.3 is 5.97 Å². The SMILES string of the molecule is CCN1C(=O)COC(C(=O)O)C1c1cccc([N+](=O)[O-])c1. The fourth-order valence-electron chi connectivity index (χ4n) is 2.41. The van der Waals surface area contributed by atoms with Gasteiger partial charge in [-0.05, 0) is 12.5 Å².